The number of piperidine rings is 1. The molecule has 0 spiro atoms. The molecule has 5 nitrogen and oxygen atoms in total. The molecule has 0 saturated carbocycles. The first-order chi connectivity index (χ1) is 8.65. The van der Waals surface area contributed by atoms with Gasteiger partial charge in [0.1, 0.15) is 5.01 Å². The van der Waals surface area contributed by atoms with Crippen molar-refractivity contribution >= 4 is 34.8 Å². The number of amides is 1. The zero-order valence-electron chi connectivity index (χ0n) is 11.3. The van der Waals surface area contributed by atoms with Crippen LogP contribution in [0.25, 0.3) is 0 Å². The quantitative estimate of drug-likeness (QED) is 0.895. The smallest absolute Gasteiger partial charge is 0.243 e. The van der Waals surface area contributed by atoms with Gasteiger partial charge in [-0.1, -0.05) is 31.6 Å². The van der Waals surface area contributed by atoms with E-state index in [2.05, 4.69) is 34.7 Å². The maximum absolute atomic E-state index is 12.0. The highest BCUT2D eigenvalue weighted by Gasteiger charge is 2.21. The molecule has 0 unspecified atom stereocenters. The first kappa shape index (κ1) is 16.3. The van der Waals surface area contributed by atoms with Gasteiger partial charge in [0.25, 0.3) is 0 Å². The van der Waals surface area contributed by atoms with Crippen LogP contribution < -0.4 is 10.6 Å². The maximum Gasteiger partial charge on any atom is 0.243 e. The molecule has 19 heavy (non-hydrogen) atoms. The third-order valence-electron chi connectivity index (χ3n) is 2.91. The van der Waals surface area contributed by atoms with Crippen LogP contribution in [-0.4, -0.2) is 28.7 Å². The van der Waals surface area contributed by atoms with Crippen LogP contribution in [0.5, 0.6) is 0 Å². The Bertz CT molecular complexity index is 404. The summed E-state index contributed by atoms with van der Waals surface area (Å²) in [5, 5.41) is 15.8. The lowest BCUT2D eigenvalue weighted by Crippen LogP contribution is -2.43. The maximum atomic E-state index is 12.0. The van der Waals surface area contributed by atoms with Crippen molar-refractivity contribution in [3.8, 4) is 0 Å². The summed E-state index contributed by atoms with van der Waals surface area (Å²) in [7, 11) is 0. The number of carbonyl (C=O) groups excluding carboxylic acids is 1. The van der Waals surface area contributed by atoms with Gasteiger partial charge < -0.3 is 5.32 Å². The van der Waals surface area contributed by atoms with Crippen LogP contribution in [0.3, 0.4) is 0 Å². The molecule has 108 valence electrons. The second-order valence-corrected chi connectivity index (χ2v) is 6.15. The average Bonchev–Trinajstić information content (AvgIpc) is 2.76. The van der Waals surface area contributed by atoms with Gasteiger partial charge in [-0.05, 0) is 25.3 Å². The van der Waals surface area contributed by atoms with Crippen molar-refractivity contribution in [2.24, 2.45) is 5.92 Å². The topological polar surface area (TPSA) is 66.9 Å². The van der Waals surface area contributed by atoms with E-state index in [-0.39, 0.29) is 24.4 Å². The molecule has 1 aliphatic heterocycles. The fraction of sp³-hybridized carbons (Fsp3) is 0.750. The number of hydrogen-bond donors (Lipinski definition) is 2. The van der Waals surface area contributed by atoms with Crippen molar-refractivity contribution in [3.05, 3.63) is 5.01 Å². The standard InChI is InChI=1S/C12H20N4OS.ClH/c1-8(2)7-10-15-16-12(18-10)14-11(17)9-5-3-4-6-13-9;/h8-9,13H,3-7H2,1-2H3,(H,14,16,17);1H/t9-;/m0./s1. The molecule has 1 amide bonds. The number of hydrogen-bond acceptors (Lipinski definition) is 5. The lowest BCUT2D eigenvalue weighted by Gasteiger charge is -2.21. The van der Waals surface area contributed by atoms with Crippen molar-refractivity contribution in [3.63, 3.8) is 0 Å². The third kappa shape index (κ3) is 5.04. The predicted octanol–water partition coefficient (Wildman–Crippen LogP) is 2.24. The molecule has 0 aliphatic carbocycles. The Hall–Kier alpha value is -0.720. The van der Waals surface area contributed by atoms with Gasteiger partial charge in [-0.25, -0.2) is 0 Å². The Morgan fingerprint density at radius 1 is 1.47 bits per heavy atom. The molecular weight excluding hydrogens is 284 g/mol. The Kier molecular flexibility index (Phi) is 6.68. The van der Waals surface area contributed by atoms with Crippen LogP contribution in [0.15, 0.2) is 0 Å². The van der Waals surface area contributed by atoms with Gasteiger partial charge in [0.2, 0.25) is 11.0 Å². The minimum atomic E-state index is -0.0730. The molecule has 2 rings (SSSR count). The molecule has 1 aromatic rings. The highest BCUT2D eigenvalue weighted by atomic mass is 35.5. The van der Waals surface area contributed by atoms with Crippen LogP contribution in [0.2, 0.25) is 0 Å². The molecule has 0 aromatic carbocycles. The normalized spacial score (nSPS) is 19.0. The monoisotopic (exact) mass is 304 g/mol. The Morgan fingerprint density at radius 3 is 2.89 bits per heavy atom. The first-order valence-electron chi connectivity index (χ1n) is 6.52. The number of nitrogens with zero attached hydrogens (tertiary/aromatic N) is 2. The predicted molar refractivity (Wildman–Crippen MR) is 80.0 cm³/mol. The number of aromatic nitrogens is 2. The number of halogens is 1. The Balaban J connectivity index is 0.00000180. The highest BCUT2D eigenvalue weighted by molar-refractivity contribution is 7.15. The molecule has 1 aromatic heterocycles. The van der Waals surface area contributed by atoms with Gasteiger partial charge in [-0.3, -0.25) is 10.1 Å². The van der Waals surface area contributed by atoms with Gasteiger partial charge in [0, 0.05) is 6.42 Å². The SMILES string of the molecule is CC(C)Cc1nnc(NC(=O)[C@@H]2CCCCN2)s1.Cl. The van der Waals surface area contributed by atoms with Crippen molar-refractivity contribution in [1.29, 1.82) is 0 Å². The van der Waals surface area contributed by atoms with Crippen LogP contribution >= 0.6 is 23.7 Å². The summed E-state index contributed by atoms with van der Waals surface area (Å²) < 4.78 is 0. The lowest BCUT2D eigenvalue weighted by atomic mass is 10.0. The van der Waals surface area contributed by atoms with E-state index < -0.39 is 0 Å². The molecule has 0 bridgehead atoms. The zero-order chi connectivity index (χ0) is 13.0. The minimum absolute atomic E-state index is 0. The summed E-state index contributed by atoms with van der Waals surface area (Å²) in [5.41, 5.74) is 0. The van der Waals surface area contributed by atoms with Crippen LogP contribution in [0.4, 0.5) is 5.13 Å². The van der Waals surface area contributed by atoms with Gasteiger partial charge in [-0.2, -0.15) is 0 Å². The lowest BCUT2D eigenvalue weighted by molar-refractivity contribution is -0.118. The molecule has 1 fully saturated rings. The number of nitrogens with one attached hydrogen (secondary N) is 2. The van der Waals surface area contributed by atoms with E-state index in [0.717, 1.165) is 37.2 Å². The van der Waals surface area contributed by atoms with Gasteiger partial charge in [0.05, 0.1) is 6.04 Å². The van der Waals surface area contributed by atoms with E-state index in [1.165, 1.54) is 11.3 Å². The Morgan fingerprint density at radius 2 is 2.26 bits per heavy atom. The van der Waals surface area contributed by atoms with Crippen molar-refractivity contribution in [2.75, 3.05) is 11.9 Å². The first-order valence-corrected chi connectivity index (χ1v) is 7.33. The highest BCUT2D eigenvalue weighted by Crippen LogP contribution is 2.19. The summed E-state index contributed by atoms with van der Waals surface area (Å²) in [5.74, 6) is 0.573. The van der Waals surface area contributed by atoms with E-state index in [1.54, 1.807) is 0 Å². The van der Waals surface area contributed by atoms with Crippen molar-refractivity contribution in [2.45, 2.75) is 45.6 Å². The van der Waals surface area contributed by atoms with Crippen molar-refractivity contribution < 1.29 is 4.79 Å². The molecule has 1 saturated heterocycles. The summed E-state index contributed by atoms with van der Waals surface area (Å²) in [6.07, 6.45) is 4.08. The number of anilines is 1. The van der Waals surface area contributed by atoms with E-state index in [1.807, 2.05) is 0 Å². The van der Waals surface area contributed by atoms with Gasteiger partial charge >= 0.3 is 0 Å². The van der Waals surface area contributed by atoms with E-state index in [9.17, 15) is 4.79 Å². The third-order valence-corrected chi connectivity index (χ3v) is 3.77. The van der Waals surface area contributed by atoms with Crippen molar-refractivity contribution in [1.82, 2.24) is 15.5 Å². The summed E-state index contributed by atoms with van der Waals surface area (Å²) in [6, 6.07) is -0.0730. The largest absolute Gasteiger partial charge is 0.306 e. The van der Waals surface area contributed by atoms with Crippen LogP contribution in [0, 0.1) is 5.92 Å². The molecule has 7 heteroatoms. The Labute approximate surface area is 124 Å². The fourth-order valence-electron chi connectivity index (χ4n) is 2.00. The average molecular weight is 305 g/mol. The molecule has 1 atom stereocenters. The number of rotatable bonds is 4. The van der Waals surface area contributed by atoms with E-state index in [4.69, 9.17) is 0 Å². The van der Waals surface area contributed by atoms with E-state index >= 15 is 0 Å². The summed E-state index contributed by atoms with van der Waals surface area (Å²) in [4.78, 5) is 12.0. The second-order valence-electron chi connectivity index (χ2n) is 5.09. The number of carbonyl (C=O) groups is 1. The molecule has 1 aliphatic rings. The second kappa shape index (κ2) is 7.77. The van der Waals surface area contributed by atoms with E-state index in [0.29, 0.717) is 11.0 Å². The van der Waals surface area contributed by atoms with Crippen LogP contribution in [0.1, 0.15) is 38.1 Å². The molecule has 2 heterocycles. The molecule has 2 N–H and O–H groups in total. The summed E-state index contributed by atoms with van der Waals surface area (Å²) >= 11 is 1.47. The fourth-order valence-corrected chi connectivity index (χ4v) is 2.96. The van der Waals surface area contributed by atoms with Crippen LogP contribution in [-0.2, 0) is 11.2 Å². The van der Waals surface area contributed by atoms with Gasteiger partial charge in [0.15, 0.2) is 0 Å². The van der Waals surface area contributed by atoms with Gasteiger partial charge in [-0.15, -0.1) is 22.6 Å². The zero-order valence-corrected chi connectivity index (χ0v) is 12.9. The minimum Gasteiger partial charge on any atom is -0.306 e. The molecular formula is C12H21ClN4OS. The molecule has 0 radical (unpaired) electrons. The summed E-state index contributed by atoms with van der Waals surface area (Å²) in [6.45, 7) is 5.21.